The Morgan fingerprint density at radius 2 is 1.31 bits per heavy atom. The third kappa shape index (κ3) is 7.31. The van der Waals surface area contributed by atoms with Gasteiger partial charge in [-0.3, -0.25) is 14.7 Å². The van der Waals surface area contributed by atoms with Crippen LogP contribution in [0.1, 0.15) is 11.1 Å². The lowest BCUT2D eigenvalue weighted by Gasteiger charge is -2.18. The van der Waals surface area contributed by atoms with Crippen molar-refractivity contribution < 1.29 is 32.8 Å². The minimum Gasteiger partial charge on any atom is -0.421 e. The first-order valence-electron chi connectivity index (χ1n) is 9.49. The molecule has 0 saturated carbocycles. The van der Waals surface area contributed by atoms with E-state index in [0.717, 1.165) is 11.1 Å². The summed E-state index contributed by atoms with van der Waals surface area (Å²) in [5.41, 5.74) is 1.38. The molecule has 0 heterocycles. The van der Waals surface area contributed by atoms with Gasteiger partial charge in [0.2, 0.25) is 0 Å². The fraction of sp³-hybridized carbons (Fsp3) is 0.136. The zero-order valence-corrected chi connectivity index (χ0v) is 17.8. The molecule has 166 valence electrons. The van der Waals surface area contributed by atoms with Gasteiger partial charge in [0, 0.05) is 12.1 Å². The number of ether oxygens (including phenoxy) is 2. The quantitative estimate of drug-likeness (QED) is 0.125. The van der Waals surface area contributed by atoms with E-state index in [0.29, 0.717) is 0 Å². The Bertz CT molecular complexity index is 1030. The van der Waals surface area contributed by atoms with Crippen LogP contribution < -0.4 is 4.74 Å². The largest absolute Gasteiger partial charge is 0.514 e. The number of carbonyl (C=O) groups excluding carboxylic acids is 1. The molecule has 0 N–H and O–H groups in total. The van der Waals surface area contributed by atoms with E-state index in [1.54, 1.807) is 24.3 Å². The summed E-state index contributed by atoms with van der Waals surface area (Å²) in [5, 5.41) is 10.7. The molecule has 3 aromatic rings. The average molecular weight is 457 g/mol. The first-order valence-corrected chi connectivity index (χ1v) is 11.2. The van der Waals surface area contributed by atoms with Gasteiger partial charge in [-0.1, -0.05) is 60.7 Å². The molecule has 0 saturated heterocycles. The van der Waals surface area contributed by atoms with Crippen LogP contribution in [-0.4, -0.2) is 17.4 Å². The number of nitrogens with zero attached hydrogens (tertiary/aromatic N) is 1. The van der Waals surface area contributed by atoms with Gasteiger partial charge in [0.15, 0.2) is 6.35 Å². The van der Waals surface area contributed by atoms with Crippen LogP contribution in [0.25, 0.3) is 0 Å². The predicted molar refractivity (Wildman–Crippen MR) is 115 cm³/mol. The van der Waals surface area contributed by atoms with Gasteiger partial charge < -0.3 is 18.5 Å². The maximum absolute atomic E-state index is 13.2. The molecular formula is C22H20NO8P. The van der Waals surface area contributed by atoms with Crippen molar-refractivity contribution >= 4 is 19.4 Å². The number of benzene rings is 3. The number of carbonyl (C=O) groups is 1. The first-order chi connectivity index (χ1) is 15.4. The van der Waals surface area contributed by atoms with E-state index in [2.05, 4.69) is 0 Å². The second kappa shape index (κ2) is 11.2. The van der Waals surface area contributed by atoms with Crippen molar-refractivity contribution in [3.8, 4) is 5.75 Å². The van der Waals surface area contributed by atoms with Crippen molar-refractivity contribution in [1.82, 2.24) is 0 Å². The maximum atomic E-state index is 13.2. The molecular weight excluding hydrogens is 437 g/mol. The number of hydrogen-bond acceptors (Lipinski definition) is 8. The van der Waals surface area contributed by atoms with Crippen molar-refractivity contribution in [2.24, 2.45) is 0 Å². The molecule has 32 heavy (non-hydrogen) atoms. The average Bonchev–Trinajstić information content (AvgIpc) is 2.82. The van der Waals surface area contributed by atoms with Gasteiger partial charge in [-0.05, 0) is 23.3 Å². The number of rotatable bonds is 10. The van der Waals surface area contributed by atoms with Crippen LogP contribution in [0.4, 0.5) is 10.5 Å². The third-order valence-corrected chi connectivity index (χ3v) is 5.62. The summed E-state index contributed by atoms with van der Waals surface area (Å²) in [7, 11) is -3.84. The van der Waals surface area contributed by atoms with Crippen LogP contribution in [0.2, 0.25) is 0 Å². The van der Waals surface area contributed by atoms with E-state index >= 15 is 0 Å². The van der Waals surface area contributed by atoms with E-state index in [1.807, 2.05) is 36.4 Å². The normalized spacial score (nSPS) is 11.0. The molecule has 9 nitrogen and oxygen atoms in total. The first kappa shape index (κ1) is 23.1. The molecule has 0 unspecified atom stereocenters. The summed E-state index contributed by atoms with van der Waals surface area (Å²) < 4.78 is 34.1. The molecule has 0 aliphatic rings. The lowest BCUT2D eigenvalue weighted by Crippen LogP contribution is -2.13. The van der Waals surface area contributed by atoms with Gasteiger partial charge >= 0.3 is 13.8 Å². The van der Waals surface area contributed by atoms with Gasteiger partial charge in [-0.2, -0.15) is 0 Å². The van der Waals surface area contributed by atoms with Crippen molar-refractivity contribution in [2.75, 3.05) is 6.35 Å². The van der Waals surface area contributed by atoms with E-state index < -0.39 is 25.0 Å². The van der Waals surface area contributed by atoms with Crippen LogP contribution >= 0.6 is 7.60 Å². The van der Waals surface area contributed by atoms with E-state index in [9.17, 15) is 19.5 Å². The molecule has 0 spiro atoms. The summed E-state index contributed by atoms with van der Waals surface area (Å²) in [5.74, 6) is 0.0332. The molecule has 0 aliphatic carbocycles. The smallest absolute Gasteiger partial charge is 0.421 e. The Hall–Kier alpha value is -3.52. The molecule has 10 heteroatoms. The minimum absolute atomic E-state index is 0.00628. The fourth-order valence-electron chi connectivity index (χ4n) is 2.50. The topological polar surface area (TPSA) is 114 Å². The molecule has 0 atom stereocenters. The SMILES string of the molecule is O=C(OCP(=O)(OCc1ccccc1)OCc1ccccc1)Oc1ccc([N+](=O)[O-])cc1. The lowest BCUT2D eigenvalue weighted by atomic mass is 10.2. The Kier molecular flexibility index (Phi) is 8.10. The van der Waals surface area contributed by atoms with Crippen LogP contribution in [-0.2, 0) is 31.6 Å². The molecule has 3 rings (SSSR count). The standard InChI is InChI=1S/C22H20NO8P/c24-22(31-21-13-11-20(12-14-21)23(25)26)28-17-32(27,29-15-18-7-3-1-4-8-18)30-16-19-9-5-2-6-10-19/h1-14H,15-17H2. The van der Waals surface area contributed by atoms with Gasteiger partial charge in [0.25, 0.3) is 5.69 Å². The van der Waals surface area contributed by atoms with Crippen LogP contribution in [0, 0.1) is 10.1 Å². The Labute approximate surface area is 184 Å². The highest BCUT2D eigenvalue weighted by Crippen LogP contribution is 2.49. The Balaban J connectivity index is 1.60. The van der Waals surface area contributed by atoms with Gasteiger partial charge in [0.1, 0.15) is 5.75 Å². The van der Waals surface area contributed by atoms with Crippen LogP contribution in [0.15, 0.2) is 84.9 Å². The molecule has 0 bridgehead atoms. The fourth-order valence-corrected chi connectivity index (χ4v) is 3.68. The minimum atomic E-state index is -3.84. The highest BCUT2D eigenvalue weighted by atomic mass is 31.2. The molecule has 0 amide bonds. The number of nitro benzene ring substituents is 1. The Morgan fingerprint density at radius 3 is 1.78 bits per heavy atom. The van der Waals surface area contributed by atoms with Crippen LogP contribution in [0.5, 0.6) is 5.75 Å². The number of non-ortho nitro benzene ring substituents is 1. The molecule has 3 aromatic carbocycles. The maximum Gasteiger partial charge on any atom is 0.514 e. The highest BCUT2D eigenvalue weighted by Gasteiger charge is 2.28. The summed E-state index contributed by atoms with van der Waals surface area (Å²) in [6.07, 6.45) is -1.82. The molecule has 0 radical (unpaired) electrons. The monoisotopic (exact) mass is 457 g/mol. The van der Waals surface area contributed by atoms with Gasteiger partial charge in [-0.25, -0.2) is 4.79 Å². The van der Waals surface area contributed by atoms with Crippen molar-refractivity contribution in [3.63, 3.8) is 0 Å². The second-order valence-corrected chi connectivity index (χ2v) is 8.50. The predicted octanol–water partition coefficient (Wildman–Crippen LogP) is 5.69. The lowest BCUT2D eigenvalue weighted by molar-refractivity contribution is -0.384. The van der Waals surface area contributed by atoms with Crippen molar-refractivity contribution in [2.45, 2.75) is 13.2 Å². The Morgan fingerprint density at radius 1 is 0.812 bits per heavy atom. The summed E-state index contributed by atoms with van der Waals surface area (Å²) in [6, 6.07) is 23.0. The van der Waals surface area contributed by atoms with E-state index in [1.165, 1.54) is 24.3 Å². The summed E-state index contributed by atoms with van der Waals surface area (Å²) in [4.78, 5) is 22.1. The highest BCUT2D eigenvalue weighted by molar-refractivity contribution is 7.53. The number of nitro groups is 1. The van der Waals surface area contributed by atoms with Crippen molar-refractivity contribution in [3.05, 3.63) is 106 Å². The zero-order valence-electron chi connectivity index (χ0n) is 16.9. The van der Waals surface area contributed by atoms with Crippen molar-refractivity contribution in [1.29, 1.82) is 0 Å². The third-order valence-electron chi connectivity index (χ3n) is 4.13. The zero-order chi connectivity index (χ0) is 22.8. The van der Waals surface area contributed by atoms with Crippen LogP contribution in [0.3, 0.4) is 0 Å². The van der Waals surface area contributed by atoms with Gasteiger partial charge in [-0.15, -0.1) is 0 Å². The summed E-state index contributed by atoms with van der Waals surface area (Å²) >= 11 is 0. The second-order valence-electron chi connectivity index (χ2n) is 6.51. The van der Waals surface area contributed by atoms with Gasteiger partial charge in [0.05, 0.1) is 18.1 Å². The van der Waals surface area contributed by atoms with E-state index in [4.69, 9.17) is 18.5 Å². The summed E-state index contributed by atoms with van der Waals surface area (Å²) in [6.45, 7) is -0.0126. The molecule has 0 aromatic heterocycles. The molecule has 0 fully saturated rings. The number of hydrogen-bond donors (Lipinski definition) is 0. The van der Waals surface area contributed by atoms with E-state index in [-0.39, 0.29) is 24.7 Å². The molecule has 0 aliphatic heterocycles.